The Balaban J connectivity index is 1.52. The molecule has 3 rings (SSSR count). The van der Waals surface area contributed by atoms with Crippen molar-refractivity contribution in [3.63, 3.8) is 0 Å². The van der Waals surface area contributed by atoms with E-state index in [0.29, 0.717) is 19.2 Å². The highest BCUT2D eigenvalue weighted by Gasteiger charge is 2.27. The number of para-hydroxylation sites is 1. The lowest BCUT2D eigenvalue weighted by Crippen LogP contribution is -2.40. The molecule has 0 amide bonds. The first kappa shape index (κ1) is 17.9. The smallest absolute Gasteiger partial charge is 0.147 e. The maximum absolute atomic E-state index is 10.4. The molecule has 2 aromatic rings. The molecule has 136 valence electrons. The highest BCUT2D eigenvalue weighted by Crippen LogP contribution is 2.20. The number of likely N-dealkylation sites (tertiary alicyclic amines) is 1. The number of aromatic nitrogens is 3. The number of aryl methyl sites for hydroxylation is 3. The normalized spacial score (nSPS) is 19.3. The van der Waals surface area contributed by atoms with Gasteiger partial charge in [-0.25, -0.2) is 9.67 Å². The number of aliphatic hydroxyl groups excluding tert-OH is 1. The summed E-state index contributed by atoms with van der Waals surface area (Å²) in [6.45, 7) is 8.71. The number of β-amino-alcohol motifs (C(OH)–C–C–N with tert-alkyl or cyclic N) is 1. The molecule has 25 heavy (non-hydrogen) atoms. The third kappa shape index (κ3) is 4.58. The fraction of sp³-hybridized carbons (Fsp3) is 0.579. The molecule has 0 bridgehead atoms. The van der Waals surface area contributed by atoms with Gasteiger partial charge in [-0.05, 0) is 51.8 Å². The summed E-state index contributed by atoms with van der Waals surface area (Å²) in [7, 11) is 0. The summed E-state index contributed by atoms with van der Waals surface area (Å²) in [4.78, 5) is 6.72. The van der Waals surface area contributed by atoms with Gasteiger partial charge in [0.1, 0.15) is 30.1 Å². The molecule has 6 heteroatoms. The van der Waals surface area contributed by atoms with Gasteiger partial charge in [-0.2, -0.15) is 5.10 Å². The molecule has 1 aromatic carbocycles. The molecule has 0 saturated carbocycles. The number of benzene rings is 1. The highest BCUT2D eigenvalue weighted by atomic mass is 16.5. The Labute approximate surface area is 149 Å². The predicted molar refractivity (Wildman–Crippen MR) is 96.8 cm³/mol. The van der Waals surface area contributed by atoms with Crippen molar-refractivity contribution in [2.75, 3.05) is 19.7 Å². The number of hydrogen-bond donors (Lipinski definition) is 1. The lowest BCUT2D eigenvalue weighted by atomic mass is 10.2. The maximum Gasteiger partial charge on any atom is 0.147 e. The molecule has 0 spiro atoms. The molecule has 2 heterocycles. The van der Waals surface area contributed by atoms with Crippen LogP contribution in [-0.4, -0.2) is 56.6 Å². The average Bonchev–Trinajstić information content (AvgIpc) is 3.13. The SMILES string of the molecule is Cc1nc(C)n(C[C@H]2CCCN2C[C@H](O)COc2ccccc2C)n1. The van der Waals surface area contributed by atoms with Crippen LogP contribution in [0.5, 0.6) is 5.75 Å². The molecule has 1 aromatic heterocycles. The number of rotatable bonds is 7. The van der Waals surface area contributed by atoms with Crippen LogP contribution in [0.25, 0.3) is 0 Å². The van der Waals surface area contributed by atoms with Gasteiger partial charge in [0.15, 0.2) is 0 Å². The quantitative estimate of drug-likeness (QED) is 0.833. The topological polar surface area (TPSA) is 63.4 Å². The molecule has 1 fully saturated rings. The second-order valence-electron chi connectivity index (χ2n) is 6.91. The van der Waals surface area contributed by atoms with Crippen LogP contribution in [0, 0.1) is 20.8 Å². The lowest BCUT2D eigenvalue weighted by molar-refractivity contribution is 0.0606. The Kier molecular flexibility index (Phi) is 5.71. The Hall–Kier alpha value is -1.92. The summed E-state index contributed by atoms with van der Waals surface area (Å²) < 4.78 is 7.76. The first-order chi connectivity index (χ1) is 12.0. The summed E-state index contributed by atoms with van der Waals surface area (Å²) in [5, 5.41) is 14.9. The fourth-order valence-electron chi connectivity index (χ4n) is 3.50. The first-order valence-electron chi connectivity index (χ1n) is 9.01. The summed E-state index contributed by atoms with van der Waals surface area (Å²) in [5.74, 6) is 2.61. The first-order valence-corrected chi connectivity index (χ1v) is 9.01. The average molecular weight is 344 g/mol. The van der Waals surface area contributed by atoms with Gasteiger partial charge in [0.05, 0.1) is 6.54 Å². The van der Waals surface area contributed by atoms with Crippen LogP contribution >= 0.6 is 0 Å². The third-order valence-electron chi connectivity index (χ3n) is 4.82. The van der Waals surface area contributed by atoms with E-state index in [1.165, 1.54) is 0 Å². The number of hydrogen-bond acceptors (Lipinski definition) is 5. The molecule has 0 aliphatic carbocycles. The fourth-order valence-corrected chi connectivity index (χ4v) is 3.50. The van der Waals surface area contributed by atoms with Crippen molar-refractivity contribution in [3.05, 3.63) is 41.5 Å². The van der Waals surface area contributed by atoms with E-state index < -0.39 is 6.10 Å². The van der Waals surface area contributed by atoms with E-state index in [4.69, 9.17) is 4.74 Å². The Morgan fingerprint density at radius 3 is 2.80 bits per heavy atom. The second-order valence-corrected chi connectivity index (χ2v) is 6.91. The van der Waals surface area contributed by atoms with Crippen LogP contribution < -0.4 is 4.74 Å². The van der Waals surface area contributed by atoms with Crippen LogP contribution in [0.2, 0.25) is 0 Å². The number of nitrogens with zero attached hydrogens (tertiary/aromatic N) is 4. The van der Waals surface area contributed by atoms with Gasteiger partial charge < -0.3 is 9.84 Å². The molecule has 1 aliphatic heterocycles. The van der Waals surface area contributed by atoms with Crippen LogP contribution in [0.3, 0.4) is 0 Å². The van der Waals surface area contributed by atoms with Crippen molar-refractivity contribution in [1.29, 1.82) is 0 Å². The van der Waals surface area contributed by atoms with Crippen LogP contribution in [0.1, 0.15) is 30.1 Å². The van der Waals surface area contributed by atoms with E-state index >= 15 is 0 Å². The molecule has 0 radical (unpaired) electrons. The summed E-state index contributed by atoms with van der Waals surface area (Å²) in [6, 6.07) is 8.29. The maximum atomic E-state index is 10.4. The molecule has 1 aliphatic rings. The van der Waals surface area contributed by atoms with E-state index in [1.807, 2.05) is 49.7 Å². The second kappa shape index (κ2) is 7.97. The van der Waals surface area contributed by atoms with Crippen molar-refractivity contribution in [3.8, 4) is 5.75 Å². The Morgan fingerprint density at radius 1 is 1.28 bits per heavy atom. The van der Waals surface area contributed by atoms with Gasteiger partial charge in [-0.3, -0.25) is 4.90 Å². The van der Waals surface area contributed by atoms with E-state index in [-0.39, 0.29) is 0 Å². The van der Waals surface area contributed by atoms with E-state index in [1.54, 1.807) is 0 Å². The predicted octanol–water partition coefficient (Wildman–Crippen LogP) is 2.11. The zero-order valence-electron chi connectivity index (χ0n) is 15.4. The zero-order chi connectivity index (χ0) is 17.8. The molecule has 2 atom stereocenters. The summed E-state index contributed by atoms with van der Waals surface area (Å²) in [6.07, 6.45) is 1.78. The minimum atomic E-state index is -0.501. The van der Waals surface area contributed by atoms with Crippen LogP contribution in [0.4, 0.5) is 0 Å². The molecular formula is C19H28N4O2. The van der Waals surface area contributed by atoms with E-state index in [9.17, 15) is 5.11 Å². The van der Waals surface area contributed by atoms with Crippen molar-refractivity contribution >= 4 is 0 Å². The van der Waals surface area contributed by atoms with E-state index in [0.717, 1.165) is 48.9 Å². The summed E-state index contributed by atoms with van der Waals surface area (Å²) in [5.41, 5.74) is 1.09. The minimum absolute atomic E-state index is 0.315. The number of ether oxygens (including phenoxy) is 1. The van der Waals surface area contributed by atoms with Crippen molar-refractivity contribution in [2.24, 2.45) is 0 Å². The van der Waals surface area contributed by atoms with Crippen molar-refractivity contribution in [1.82, 2.24) is 19.7 Å². The standard InChI is InChI=1S/C19H28N4O2/c1-14-7-4-5-9-19(14)25-13-18(24)12-22-10-6-8-17(22)11-23-16(3)20-15(2)21-23/h4-5,7,9,17-18,24H,6,8,10-13H2,1-3H3/t17-,18+/m1/s1. The van der Waals surface area contributed by atoms with Gasteiger partial charge in [0.25, 0.3) is 0 Å². The molecule has 6 nitrogen and oxygen atoms in total. The Morgan fingerprint density at radius 2 is 2.08 bits per heavy atom. The third-order valence-corrected chi connectivity index (χ3v) is 4.82. The molecule has 1 saturated heterocycles. The van der Waals surface area contributed by atoms with E-state index in [2.05, 4.69) is 15.0 Å². The largest absolute Gasteiger partial charge is 0.491 e. The summed E-state index contributed by atoms with van der Waals surface area (Å²) >= 11 is 0. The minimum Gasteiger partial charge on any atom is -0.491 e. The Bertz CT molecular complexity index is 700. The van der Waals surface area contributed by atoms with Crippen molar-refractivity contribution < 1.29 is 9.84 Å². The van der Waals surface area contributed by atoms with Crippen LogP contribution in [0.15, 0.2) is 24.3 Å². The van der Waals surface area contributed by atoms with Gasteiger partial charge in [0, 0.05) is 12.6 Å². The van der Waals surface area contributed by atoms with Crippen molar-refractivity contribution in [2.45, 2.75) is 52.3 Å². The lowest BCUT2D eigenvalue weighted by Gasteiger charge is -2.27. The van der Waals surface area contributed by atoms with Crippen LogP contribution in [-0.2, 0) is 6.54 Å². The zero-order valence-corrected chi connectivity index (χ0v) is 15.4. The van der Waals surface area contributed by atoms with Gasteiger partial charge >= 0.3 is 0 Å². The highest BCUT2D eigenvalue weighted by molar-refractivity contribution is 5.31. The molecule has 1 N–H and O–H groups in total. The molecular weight excluding hydrogens is 316 g/mol. The number of aliphatic hydroxyl groups is 1. The van der Waals surface area contributed by atoms with Gasteiger partial charge in [0.2, 0.25) is 0 Å². The van der Waals surface area contributed by atoms with Gasteiger partial charge in [-0.1, -0.05) is 18.2 Å². The molecule has 0 unspecified atom stereocenters. The monoisotopic (exact) mass is 344 g/mol. The van der Waals surface area contributed by atoms with Gasteiger partial charge in [-0.15, -0.1) is 0 Å².